The summed E-state index contributed by atoms with van der Waals surface area (Å²) in [5.74, 6) is -8.89. The van der Waals surface area contributed by atoms with Crippen LogP contribution in [-0.2, 0) is 52.2 Å². The second-order valence-corrected chi connectivity index (χ2v) is 18.7. The maximum atomic E-state index is 15.5. The molecule has 324 valence electrons. The first-order valence-electron chi connectivity index (χ1n) is 19.0. The number of amidine groups is 1. The number of nitrogens with zero attached hydrogens (tertiary/aromatic N) is 6. The number of aromatic nitrogens is 4. The van der Waals surface area contributed by atoms with Crippen molar-refractivity contribution in [3.8, 4) is 0 Å². The van der Waals surface area contributed by atoms with E-state index in [1.165, 1.54) is 17.0 Å². The van der Waals surface area contributed by atoms with Crippen molar-refractivity contribution in [3.63, 3.8) is 0 Å². The highest BCUT2D eigenvalue weighted by atomic mass is 35.5. The number of aliphatic imine (C=N–C) groups is 1. The number of hydrogen-bond acceptors (Lipinski definition) is 7. The second kappa shape index (κ2) is 15.0. The van der Waals surface area contributed by atoms with Crippen molar-refractivity contribution in [2.24, 2.45) is 10.9 Å². The van der Waals surface area contributed by atoms with Gasteiger partial charge in [0.2, 0.25) is 15.9 Å². The number of fused-ring (bicyclic) bond motifs is 5. The number of anilines is 2. The Labute approximate surface area is 348 Å². The second-order valence-electron chi connectivity index (χ2n) is 16.5. The van der Waals surface area contributed by atoms with Gasteiger partial charge in [-0.3, -0.25) is 18.9 Å². The number of sulfonamides is 1. The molecule has 8 rings (SSSR count). The summed E-state index contributed by atoms with van der Waals surface area (Å²) in [6.45, 7) is 3.84. The molecule has 0 bridgehead atoms. The molecule has 3 aliphatic rings. The van der Waals surface area contributed by atoms with E-state index in [4.69, 9.17) is 16.6 Å². The Kier molecular flexibility index (Phi) is 10.4. The average Bonchev–Trinajstić information content (AvgIpc) is 3.67. The van der Waals surface area contributed by atoms with E-state index in [1.807, 2.05) is 26.8 Å². The fourth-order valence-electron chi connectivity index (χ4n) is 8.29. The number of carbonyl (C=O) groups excluding carboxylic acids is 1. The Morgan fingerprint density at radius 3 is 2.34 bits per heavy atom. The predicted molar refractivity (Wildman–Crippen MR) is 212 cm³/mol. The van der Waals surface area contributed by atoms with Gasteiger partial charge in [0.15, 0.2) is 5.82 Å². The normalized spacial score (nSPS) is 18.6. The average molecular weight is 897 g/mol. The van der Waals surface area contributed by atoms with Gasteiger partial charge in [0.1, 0.15) is 41.9 Å². The fraction of sp³-hybridized carbons (Fsp3) is 0.400. The Balaban J connectivity index is 1.30. The van der Waals surface area contributed by atoms with E-state index in [2.05, 4.69) is 20.2 Å². The summed E-state index contributed by atoms with van der Waals surface area (Å²) in [7, 11) is -4.03. The molecule has 0 unspecified atom stereocenters. The van der Waals surface area contributed by atoms with Crippen molar-refractivity contribution in [1.82, 2.24) is 24.9 Å². The third-order valence-corrected chi connectivity index (χ3v) is 11.8. The van der Waals surface area contributed by atoms with E-state index in [0.717, 1.165) is 28.6 Å². The van der Waals surface area contributed by atoms with Gasteiger partial charge in [0, 0.05) is 24.0 Å². The van der Waals surface area contributed by atoms with E-state index in [9.17, 15) is 39.6 Å². The fourth-order valence-corrected chi connectivity index (χ4v) is 9.03. The van der Waals surface area contributed by atoms with Crippen LogP contribution in [0.15, 0.2) is 53.5 Å². The molecule has 11 nitrogen and oxygen atoms in total. The van der Waals surface area contributed by atoms with Crippen LogP contribution in [0.5, 0.6) is 0 Å². The van der Waals surface area contributed by atoms with E-state index < -0.39 is 95.1 Å². The highest BCUT2D eigenvalue weighted by molar-refractivity contribution is 7.92. The predicted octanol–water partition coefficient (Wildman–Crippen LogP) is 8.72. The van der Waals surface area contributed by atoms with Crippen LogP contribution >= 0.6 is 11.6 Å². The number of alkyl halides is 6. The molecule has 0 saturated heterocycles. The Morgan fingerprint density at radius 2 is 1.70 bits per heavy atom. The van der Waals surface area contributed by atoms with E-state index in [1.54, 1.807) is 12.1 Å². The Hall–Kier alpha value is -5.24. The number of carbonyl (C=O) groups is 1. The lowest BCUT2D eigenvalue weighted by Gasteiger charge is -2.36. The summed E-state index contributed by atoms with van der Waals surface area (Å²) in [6.07, 6.45) is -5.75. The van der Waals surface area contributed by atoms with Crippen molar-refractivity contribution in [2.45, 2.75) is 89.4 Å². The monoisotopic (exact) mass is 896 g/mol. The minimum absolute atomic E-state index is 0.00205. The van der Waals surface area contributed by atoms with Crippen LogP contribution in [-0.4, -0.2) is 58.4 Å². The zero-order chi connectivity index (χ0) is 44.1. The van der Waals surface area contributed by atoms with Crippen molar-refractivity contribution < 1.29 is 48.3 Å². The molecular weight excluding hydrogens is 860 g/mol. The molecule has 21 heteroatoms. The first-order valence-corrected chi connectivity index (χ1v) is 21.2. The number of nitrogens with one attached hydrogen (secondary N) is 2. The molecule has 3 heterocycles. The van der Waals surface area contributed by atoms with Crippen molar-refractivity contribution in [3.05, 3.63) is 98.8 Å². The molecule has 1 aliphatic heterocycles. The molecule has 1 fully saturated rings. The summed E-state index contributed by atoms with van der Waals surface area (Å²) in [5.41, 5.74) is -0.413. The third-order valence-electron chi connectivity index (χ3n) is 11.0. The minimum atomic E-state index is -4.03. The number of rotatable bonds is 12. The summed E-state index contributed by atoms with van der Waals surface area (Å²) in [5, 5.41) is 10.5. The largest absolute Gasteiger partial charge is 0.344 e. The standard InChI is InChI=1S/C40H37ClF8N8O3S/c1-39(2,3)20-6-5-19-15-55(28-8-7-25(41)32-34(28)56(16-29(44)45)53-37(32)54-61(4,59)60)38(51-26(19)12-20)27(11-18-9-21(42)13-22(43)10-18)50-30(58)17-57-35-31(33(52-57)36(46)47)23-14-24(23)40(35,48)49/h5-10,12-13,23-24,27,29,36H,11,14-17H2,1-4H3,(H,50,58)(H,53,54)/t23-,24+,27-/m0/s1. The number of halogens is 9. The number of hydrogen-bond donors (Lipinski definition) is 2. The van der Waals surface area contributed by atoms with E-state index >= 15 is 8.78 Å². The SMILES string of the molecule is CC(C)(C)c1ccc2c(c1)N=C([C@H](Cc1cc(F)cc(F)c1)NC(=O)Cn1nc(C(F)F)c3c1C(F)(F)[C@@H]1C[C@H]31)N(c1ccc(Cl)c3c(NS(C)(=O)=O)nn(CC(F)F)c13)C2. The number of benzene rings is 3. The van der Waals surface area contributed by atoms with E-state index in [0.29, 0.717) is 22.0 Å². The van der Waals surface area contributed by atoms with Crippen LogP contribution in [0.2, 0.25) is 5.02 Å². The van der Waals surface area contributed by atoms with Gasteiger partial charge < -0.3 is 10.2 Å². The first kappa shape index (κ1) is 42.5. The Bertz CT molecular complexity index is 2730. The third kappa shape index (κ3) is 8.03. The molecule has 2 aliphatic carbocycles. The lowest BCUT2D eigenvalue weighted by atomic mass is 9.86. The molecule has 0 spiro atoms. The summed E-state index contributed by atoms with van der Waals surface area (Å²) >= 11 is 6.61. The van der Waals surface area contributed by atoms with Gasteiger partial charge in [0.25, 0.3) is 18.8 Å². The maximum Gasteiger partial charge on any atom is 0.293 e. The van der Waals surface area contributed by atoms with Crippen LogP contribution in [0.25, 0.3) is 10.9 Å². The summed E-state index contributed by atoms with van der Waals surface area (Å²) in [4.78, 5) is 20.6. The van der Waals surface area contributed by atoms with Gasteiger partial charge in [-0.1, -0.05) is 44.5 Å². The Morgan fingerprint density at radius 1 is 1.00 bits per heavy atom. The smallest absolute Gasteiger partial charge is 0.293 e. The lowest BCUT2D eigenvalue weighted by molar-refractivity contribution is -0.122. The zero-order valence-corrected chi connectivity index (χ0v) is 34.3. The molecule has 61 heavy (non-hydrogen) atoms. The highest BCUT2D eigenvalue weighted by Crippen LogP contribution is 2.68. The van der Waals surface area contributed by atoms with Crippen molar-refractivity contribution in [1.29, 1.82) is 0 Å². The molecule has 2 aromatic heterocycles. The molecule has 1 amide bonds. The summed E-state index contributed by atoms with van der Waals surface area (Å²) < 4.78 is 145. The van der Waals surface area contributed by atoms with Gasteiger partial charge in [-0.05, 0) is 64.8 Å². The quantitative estimate of drug-likeness (QED) is 0.121. The van der Waals surface area contributed by atoms with Gasteiger partial charge in [-0.25, -0.2) is 39.8 Å². The number of amides is 1. The van der Waals surface area contributed by atoms with Crippen molar-refractivity contribution >= 4 is 61.5 Å². The highest BCUT2D eigenvalue weighted by Gasteiger charge is 2.67. The van der Waals surface area contributed by atoms with Crippen LogP contribution < -0.4 is 14.9 Å². The van der Waals surface area contributed by atoms with Gasteiger partial charge in [-0.2, -0.15) is 19.0 Å². The molecule has 5 aromatic rings. The van der Waals surface area contributed by atoms with Crippen LogP contribution in [0.1, 0.15) is 73.2 Å². The van der Waals surface area contributed by atoms with Gasteiger partial charge in [-0.15, -0.1) is 0 Å². The van der Waals surface area contributed by atoms with E-state index in [-0.39, 0.29) is 62.8 Å². The topological polar surface area (TPSA) is 127 Å². The molecule has 2 N–H and O–H groups in total. The first-order chi connectivity index (χ1) is 28.5. The zero-order valence-electron chi connectivity index (χ0n) is 32.8. The van der Waals surface area contributed by atoms with Crippen molar-refractivity contribution in [2.75, 3.05) is 15.9 Å². The maximum absolute atomic E-state index is 15.5. The molecule has 3 atom stereocenters. The van der Waals surface area contributed by atoms with Gasteiger partial charge in [0.05, 0.1) is 46.1 Å². The summed E-state index contributed by atoms with van der Waals surface area (Å²) in [6, 6.07) is 9.52. The lowest BCUT2D eigenvalue weighted by Crippen LogP contribution is -2.51. The van der Waals surface area contributed by atoms with Crippen LogP contribution in [0.3, 0.4) is 0 Å². The molecule has 1 saturated carbocycles. The van der Waals surface area contributed by atoms with Gasteiger partial charge >= 0.3 is 0 Å². The molecular formula is C40H37ClF8N8O3S. The minimum Gasteiger partial charge on any atom is -0.344 e. The van der Waals surface area contributed by atoms with Crippen LogP contribution in [0.4, 0.5) is 52.3 Å². The molecule has 0 radical (unpaired) electrons. The molecule has 3 aromatic carbocycles. The van der Waals surface area contributed by atoms with Crippen LogP contribution in [0, 0.1) is 17.6 Å².